The van der Waals surface area contributed by atoms with Gasteiger partial charge in [-0.3, -0.25) is 4.79 Å². The summed E-state index contributed by atoms with van der Waals surface area (Å²) >= 11 is 0. The summed E-state index contributed by atoms with van der Waals surface area (Å²) in [5, 5.41) is 0. The molecule has 0 aliphatic carbocycles. The largest absolute Gasteiger partial charge is 0.382 e. The number of hydrogen-bond acceptors (Lipinski definition) is 3. The fourth-order valence-corrected chi connectivity index (χ4v) is 3.82. The van der Waals surface area contributed by atoms with E-state index in [4.69, 9.17) is 9.47 Å². The van der Waals surface area contributed by atoms with Crippen molar-refractivity contribution >= 4 is 5.91 Å². The first-order chi connectivity index (χ1) is 11.2. The van der Waals surface area contributed by atoms with Crippen LogP contribution in [0.4, 0.5) is 0 Å². The lowest BCUT2D eigenvalue weighted by Crippen LogP contribution is -2.43. The van der Waals surface area contributed by atoms with Gasteiger partial charge in [-0.05, 0) is 36.7 Å². The lowest BCUT2D eigenvalue weighted by atomic mass is 9.76. The molecule has 1 aromatic rings. The predicted molar refractivity (Wildman–Crippen MR) is 89.2 cm³/mol. The van der Waals surface area contributed by atoms with Crippen LogP contribution < -0.4 is 0 Å². The zero-order valence-corrected chi connectivity index (χ0v) is 14.0. The van der Waals surface area contributed by atoms with Crippen molar-refractivity contribution in [1.29, 1.82) is 0 Å². The van der Waals surface area contributed by atoms with Crippen molar-refractivity contribution in [1.82, 2.24) is 4.90 Å². The Morgan fingerprint density at radius 1 is 1.30 bits per heavy atom. The van der Waals surface area contributed by atoms with Gasteiger partial charge in [0, 0.05) is 26.6 Å². The predicted octanol–water partition coefficient (Wildman–Crippen LogP) is 2.66. The number of carbonyl (C=O) groups excluding carboxylic acids is 1. The molecule has 0 aromatic heterocycles. The Labute approximate surface area is 138 Å². The second-order valence-electron chi connectivity index (χ2n) is 6.96. The Morgan fingerprint density at radius 3 is 2.74 bits per heavy atom. The molecule has 126 valence electrons. The van der Waals surface area contributed by atoms with Gasteiger partial charge in [0.1, 0.15) is 0 Å². The van der Waals surface area contributed by atoms with E-state index in [-0.39, 0.29) is 17.4 Å². The Bertz CT molecular complexity index is 509. The number of amides is 1. The van der Waals surface area contributed by atoms with Crippen molar-refractivity contribution < 1.29 is 14.3 Å². The smallest absolute Gasteiger partial charge is 0.222 e. The quantitative estimate of drug-likeness (QED) is 0.838. The topological polar surface area (TPSA) is 38.8 Å². The average molecular weight is 317 g/mol. The normalized spacial score (nSPS) is 23.3. The van der Waals surface area contributed by atoms with E-state index < -0.39 is 0 Å². The van der Waals surface area contributed by atoms with Gasteiger partial charge in [-0.2, -0.15) is 0 Å². The first-order valence-corrected chi connectivity index (χ1v) is 8.63. The summed E-state index contributed by atoms with van der Waals surface area (Å²) in [5.41, 5.74) is 1.51. The van der Waals surface area contributed by atoms with Gasteiger partial charge in [-0.25, -0.2) is 0 Å². The molecular formula is C19H27NO3. The maximum Gasteiger partial charge on any atom is 0.222 e. The van der Waals surface area contributed by atoms with Crippen LogP contribution in [-0.4, -0.2) is 50.3 Å². The van der Waals surface area contributed by atoms with Gasteiger partial charge >= 0.3 is 0 Å². The van der Waals surface area contributed by atoms with Crippen LogP contribution in [0.3, 0.4) is 0 Å². The second-order valence-corrected chi connectivity index (χ2v) is 6.96. The molecule has 0 radical (unpaired) electrons. The number of aryl methyl sites for hydroxylation is 1. The molecular weight excluding hydrogens is 290 g/mol. The Hall–Kier alpha value is -1.39. The number of likely N-dealkylation sites (tertiary alicyclic amines) is 1. The highest BCUT2D eigenvalue weighted by Gasteiger charge is 2.42. The fraction of sp³-hybridized carbons (Fsp3) is 0.632. The van der Waals surface area contributed by atoms with Crippen LogP contribution in [0.15, 0.2) is 30.3 Å². The molecule has 1 atom stereocenters. The fourth-order valence-electron chi connectivity index (χ4n) is 3.82. The van der Waals surface area contributed by atoms with Gasteiger partial charge < -0.3 is 14.4 Å². The van der Waals surface area contributed by atoms with Gasteiger partial charge in [0.05, 0.1) is 19.3 Å². The number of hydrogen-bond donors (Lipinski definition) is 0. The van der Waals surface area contributed by atoms with E-state index in [0.29, 0.717) is 13.0 Å². The van der Waals surface area contributed by atoms with E-state index in [9.17, 15) is 4.79 Å². The van der Waals surface area contributed by atoms with E-state index in [1.165, 1.54) is 5.56 Å². The second kappa shape index (κ2) is 7.45. The van der Waals surface area contributed by atoms with Gasteiger partial charge in [-0.1, -0.05) is 30.3 Å². The van der Waals surface area contributed by atoms with E-state index in [0.717, 1.165) is 45.4 Å². The van der Waals surface area contributed by atoms with Crippen LogP contribution in [0.5, 0.6) is 0 Å². The molecule has 4 heteroatoms. The molecule has 2 saturated heterocycles. The SMILES string of the molecule is COC[C@@H]1CC2(CCN(C(=O)CCc3ccccc3)CC2)CO1. The summed E-state index contributed by atoms with van der Waals surface area (Å²) < 4.78 is 11.1. The van der Waals surface area contributed by atoms with Crippen LogP contribution in [0.2, 0.25) is 0 Å². The number of piperidine rings is 1. The van der Waals surface area contributed by atoms with E-state index >= 15 is 0 Å². The third-order valence-corrected chi connectivity index (χ3v) is 5.29. The van der Waals surface area contributed by atoms with Crippen molar-refractivity contribution in [2.45, 2.75) is 38.2 Å². The van der Waals surface area contributed by atoms with Crippen LogP contribution >= 0.6 is 0 Å². The zero-order chi connectivity index (χ0) is 16.1. The molecule has 1 spiro atoms. The summed E-state index contributed by atoms with van der Waals surface area (Å²) in [6, 6.07) is 10.2. The van der Waals surface area contributed by atoms with Crippen molar-refractivity contribution in [3.8, 4) is 0 Å². The maximum absolute atomic E-state index is 12.4. The van der Waals surface area contributed by atoms with E-state index in [1.54, 1.807) is 7.11 Å². The van der Waals surface area contributed by atoms with Crippen molar-refractivity contribution in [2.24, 2.45) is 5.41 Å². The van der Waals surface area contributed by atoms with Crippen LogP contribution in [0.1, 0.15) is 31.2 Å². The molecule has 0 N–H and O–H groups in total. The highest BCUT2D eigenvalue weighted by molar-refractivity contribution is 5.76. The molecule has 4 nitrogen and oxygen atoms in total. The van der Waals surface area contributed by atoms with E-state index in [2.05, 4.69) is 12.1 Å². The number of benzene rings is 1. The Kier molecular flexibility index (Phi) is 5.34. The van der Waals surface area contributed by atoms with Crippen LogP contribution in [-0.2, 0) is 20.7 Å². The number of methoxy groups -OCH3 is 1. The van der Waals surface area contributed by atoms with Crippen LogP contribution in [0.25, 0.3) is 0 Å². The van der Waals surface area contributed by atoms with Crippen molar-refractivity contribution in [3.05, 3.63) is 35.9 Å². The molecule has 1 amide bonds. The van der Waals surface area contributed by atoms with Gasteiger partial charge in [0.25, 0.3) is 0 Å². The summed E-state index contributed by atoms with van der Waals surface area (Å²) in [5.74, 6) is 0.288. The molecule has 2 aliphatic heterocycles. The molecule has 0 saturated carbocycles. The lowest BCUT2D eigenvalue weighted by molar-refractivity contribution is -0.133. The van der Waals surface area contributed by atoms with E-state index in [1.807, 2.05) is 23.1 Å². The maximum atomic E-state index is 12.4. The lowest BCUT2D eigenvalue weighted by Gasteiger charge is -2.38. The number of nitrogens with zero attached hydrogens (tertiary/aromatic N) is 1. The van der Waals surface area contributed by atoms with Gasteiger partial charge in [-0.15, -0.1) is 0 Å². The third-order valence-electron chi connectivity index (χ3n) is 5.29. The molecule has 3 rings (SSSR count). The number of rotatable bonds is 5. The molecule has 0 unspecified atom stereocenters. The summed E-state index contributed by atoms with van der Waals surface area (Å²) in [6.45, 7) is 3.25. The first kappa shape index (κ1) is 16.5. The molecule has 2 fully saturated rings. The molecule has 23 heavy (non-hydrogen) atoms. The summed E-state index contributed by atoms with van der Waals surface area (Å²) in [7, 11) is 1.72. The minimum absolute atomic E-state index is 0.236. The molecule has 2 aliphatic rings. The zero-order valence-electron chi connectivity index (χ0n) is 14.0. The average Bonchev–Trinajstić information content (AvgIpc) is 2.97. The van der Waals surface area contributed by atoms with Crippen LogP contribution in [0, 0.1) is 5.41 Å². The standard InChI is InChI=1S/C19H27NO3/c1-22-14-17-13-19(15-23-17)9-11-20(12-10-19)18(21)8-7-16-5-3-2-4-6-16/h2-6,17H,7-15H2,1H3/t17-/m0/s1. The Morgan fingerprint density at radius 2 is 2.04 bits per heavy atom. The van der Waals surface area contributed by atoms with Gasteiger partial charge in [0.2, 0.25) is 5.91 Å². The summed E-state index contributed by atoms with van der Waals surface area (Å²) in [4.78, 5) is 14.5. The number of ether oxygens (including phenoxy) is 2. The number of carbonyl (C=O) groups is 1. The highest BCUT2D eigenvalue weighted by Crippen LogP contribution is 2.42. The first-order valence-electron chi connectivity index (χ1n) is 8.63. The minimum atomic E-state index is 0.236. The minimum Gasteiger partial charge on any atom is -0.382 e. The third kappa shape index (κ3) is 4.12. The van der Waals surface area contributed by atoms with Crippen molar-refractivity contribution in [2.75, 3.05) is 33.4 Å². The monoisotopic (exact) mass is 317 g/mol. The van der Waals surface area contributed by atoms with Gasteiger partial charge in [0.15, 0.2) is 0 Å². The Balaban J connectivity index is 1.44. The van der Waals surface area contributed by atoms with Crippen molar-refractivity contribution in [3.63, 3.8) is 0 Å². The summed E-state index contributed by atoms with van der Waals surface area (Å²) in [6.07, 6.45) is 4.88. The highest BCUT2D eigenvalue weighted by atomic mass is 16.5. The molecule has 2 heterocycles. The molecule has 0 bridgehead atoms. The molecule has 1 aromatic carbocycles.